The van der Waals surface area contributed by atoms with Crippen LogP contribution in [0.4, 0.5) is 10.1 Å². The third-order valence-corrected chi connectivity index (χ3v) is 3.92. The Bertz CT molecular complexity index is 467. The Labute approximate surface area is 126 Å². The summed E-state index contributed by atoms with van der Waals surface area (Å²) < 4.78 is 14.2. The van der Waals surface area contributed by atoms with E-state index < -0.39 is 0 Å². The van der Waals surface area contributed by atoms with Crippen LogP contribution >= 0.6 is 0 Å². The normalized spacial score (nSPS) is 22.3. The molecule has 5 heteroatoms. The molecule has 1 heterocycles. The number of anilines is 1. The lowest BCUT2D eigenvalue weighted by Crippen LogP contribution is -2.38. The van der Waals surface area contributed by atoms with E-state index in [1.54, 1.807) is 6.07 Å². The summed E-state index contributed by atoms with van der Waals surface area (Å²) in [6.45, 7) is 4.75. The van der Waals surface area contributed by atoms with Gasteiger partial charge in [-0.3, -0.25) is 0 Å². The zero-order valence-corrected chi connectivity index (χ0v) is 13.1. The van der Waals surface area contributed by atoms with Crippen LogP contribution in [0.1, 0.15) is 18.9 Å². The fraction of sp³-hybridized carbons (Fsp3) is 0.625. The highest BCUT2D eigenvalue weighted by Gasteiger charge is 2.32. The highest BCUT2D eigenvalue weighted by atomic mass is 19.1. The first-order chi connectivity index (χ1) is 10.0. The molecule has 1 saturated heterocycles. The van der Waals surface area contributed by atoms with Gasteiger partial charge in [-0.05, 0) is 39.2 Å². The molecule has 0 bridgehead atoms. The first kappa shape index (κ1) is 16.2. The number of nitrogens with one attached hydrogen (secondary N) is 1. The molecule has 0 radical (unpaired) electrons. The lowest BCUT2D eigenvalue weighted by atomic mass is 10.1. The Kier molecular flexibility index (Phi) is 5.56. The van der Waals surface area contributed by atoms with E-state index in [0.29, 0.717) is 18.7 Å². The lowest BCUT2D eigenvalue weighted by molar-refractivity contribution is 0.191. The van der Waals surface area contributed by atoms with Gasteiger partial charge in [0.2, 0.25) is 0 Å². The van der Waals surface area contributed by atoms with E-state index in [1.165, 1.54) is 6.07 Å². The Morgan fingerprint density at radius 3 is 2.86 bits per heavy atom. The van der Waals surface area contributed by atoms with Gasteiger partial charge in [0.1, 0.15) is 5.82 Å². The molecular weight excluding hydrogens is 269 g/mol. The van der Waals surface area contributed by atoms with Gasteiger partial charge in [0.15, 0.2) is 0 Å². The van der Waals surface area contributed by atoms with Gasteiger partial charge >= 0.3 is 0 Å². The van der Waals surface area contributed by atoms with E-state index in [4.69, 9.17) is 0 Å². The maximum atomic E-state index is 14.2. The molecule has 0 aromatic heterocycles. The lowest BCUT2D eigenvalue weighted by Gasteiger charge is -2.30. The van der Waals surface area contributed by atoms with Crippen LogP contribution in [0.15, 0.2) is 18.2 Å². The van der Waals surface area contributed by atoms with E-state index in [0.717, 1.165) is 25.2 Å². The fourth-order valence-electron chi connectivity index (χ4n) is 3.02. The number of halogens is 1. The van der Waals surface area contributed by atoms with Gasteiger partial charge in [-0.15, -0.1) is 0 Å². The van der Waals surface area contributed by atoms with Crippen molar-refractivity contribution in [3.63, 3.8) is 0 Å². The summed E-state index contributed by atoms with van der Waals surface area (Å²) in [7, 11) is 4.04. The molecular formula is C16H26FN3O. The highest BCUT2D eigenvalue weighted by Crippen LogP contribution is 2.30. The van der Waals surface area contributed by atoms with Crippen molar-refractivity contribution >= 4 is 5.69 Å². The van der Waals surface area contributed by atoms with Gasteiger partial charge in [-0.25, -0.2) is 4.39 Å². The van der Waals surface area contributed by atoms with Crippen molar-refractivity contribution in [3.8, 4) is 0 Å². The molecule has 0 amide bonds. The predicted octanol–water partition coefficient (Wildman–Crippen LogP) is 1.44. The topological polar surface area (TPSA) is 38.7 Å². The van der Waals surface area contributed by atoms with Crippen molar-refractivity contribution in [3.05, 3.63) is 29.6 Å². The van der Waals surface area contributed by atoms with Crippen molar-refractivity contribution in [1.82, 2.24) is 10.2 Å². The maximum Gasteiger partial charge on any atom is 0.129 e. The minimum absolute atomic E-state index is 0.182. The summed E-state index contributed by atoms with van der Waals surface area (Å²) in [5.74, 6) is -0.182. The van der Waals surface area contributed by atoms with Crippen molar-refractivity contribution in [2.45, 2.75) is 32.0 Å². The quantitative estimate of drug-likeness (QED) is 0.833. The number of aliphatic hydroxyl groups excluding tert-OH is 1. The molecule has 118 valence electrons. The molecule has 21 heavy (non-hydrogen) atoms. The summed E-state index contributed by atoms with van der Waals surface area (Å²) in [5, 5.41) is 13.2. The van der Waals surface area contributed by atoms with Crippen molar-refractivity contribution < 1.29 is 9.50 Å². The molecule has 0 saturated carbocycles. The van der Waals surface area contributed by atoms with Crippen LogP contribution in [0.5, 0.6) is 0 Å². The molecule has 4 nitrogen and oxygen atoms in total. The van der Waals surface area contributed by atoms with Gasteiger partial charge in [0.05, 0.1) is 6.10 Å². The van der Waals surface area contributed by atoms with Crippen molar-refractivity contribution in [1.29, 1.82) is 0 Å². The second kappa shape index (κ2) is 7.20. The standard InChI is InChI=1S/C16H26FN3O/c1-4-18-9-14-15(17)6-5-7-16(14)20-11-13(21)8-12(20)10-19(2)3/h5-7,12-13,18,21H,4,8-11H2,1-3H3. The SMILES string of the molecule is CCNCc1c(F)cccc1N1CC(O)CC1CN(C)C. The van der Waals surface area contributed by atoms with Crippen LogP contribution in [0.2, 0.25) is 0 Å². The van der Waals surface area contributed by atoms with E-state index >= 15 is 0 Å². The van der Waals surface area contributed by atoms with Crippen LogP contribution in [0.3, 0.4) is 0 Å². The van der Waals surface area contributed by atoms with Crippen molar-refractivity contribution in [2.24, 2.45) is 0 Å². The summed E-state index contributed by atoms with van der Waals surface area (Å²) in [6, 6.07) is 5.43. The maximum absolute atomic E-state index is 14.2. The molecule has 2 atom stereocenters. The number of nitrogens with zero attached hydrogens (tertiary/aromatic N) is 2. The molecule has 2 unspecified atom stereocenters. The highest BCUT2D eigenvalue weighted by molar-refractivity contribution is 5.56. The summed E-state index contributed by atoms with van der Waals surface area (Å²) in [6.07, 6.45) is 0.389. The van der Waals surface area contributed by atoms with Gasteiger partial charge < -0.3 is 20.2 Å². The minimum Gasteiger partial charge on any atom is -0.391 e. The zero-order chi connectivity index (χ0) is 15.4. The summed E-state index contributed by atoms with van der Waals surface area (Å²) in [4.78, 5) is 4.26. The van der Waals surface area contributed by atoms with Crippen LogP contribution in [-0.4, -0.2) is 55.9 Å². The average molecular weight is 295 g/mol. The van der Waals surface area contributed by atoms with Crippen LogP contribution in [-0.2, 0) is 6.54 Å². The first-order valence-electron chi connectivity index (χ1n) is 7.60. The molecule has 1 fully saturated rings. The Balaban J connectivity index is 2.28. The van der Waals surface area contributed by atoms with Gasteiger partial charge in [0.25, 0.3) is 0 Å². The first-order valence-corrected chi connectivity index (χ1v) is 7.60. The van der Waals surface area contributed by atoms with E-state index in [9.17, 15) is 9.50 Å². The minimum atomic E-state index is -0.342. The van der Waals surface area contributed by atoms with Crippen molar-refractivity contribution in [2.75, 3.05) is 38.6 Å². The zero-order valence-electron chi connectivity index (χ0n) is 13.1. The van der Waals surface area contributed by atoms with Crippen LogP contribution in [0.25, 0.3) is 0 Å². The van der Waals surface area contributed by atoms with Gasteiger partial charge in [0, 0.05) is 36.9 Å². The smallest absolute Gasteiger partial charge is 0.129 e. The molecule has 1 aliphatic heterocycles. The number of benzene rings is 1. The number of rotatable bonds is 6. The summed E-state index contributed by atoms with van der Waals surface area (Å²) in [5.41, 5.74) is 1.59. The second-order valence-corrected chi connectivity index (χ2v) is 5.98. The molecule has 2 rings (SSSR count). The second-order valence-electron chi connectivity index (χ2n) is 5.98. The number of likely N-dealkylation sites (N-methyl/N-ethyl adjacent to an activating group) is 1. The van der Waals surface area contributed by atoms with E-state index in [1.807, 2.05) is 27.1 Å². The Morgan fingerprint density at radius 2 is 2.19 bits per heavy atom. The monoisotopic (exact) mass is 295 g/mol. The Morgan fingerprint density at radius 1 is 1.43 bits per heavy atom. The van der Waals surface area contributed by atoms with Gasteiger partial charge in [-0.2, -0.15) is 0 Å². The molecule has 0 aliphatic carbocycles. The summed E-state index contributed by atoms with van der Waals surface area (Å²) >= 11 is 0. The van der Waals surface area contributed by atoms with E-state index in [2.05, 4.69) is 15.1 Å². The number of hydrogen-bond acceptors (Lipinski definition) is 4. The fourth-order valence-corrected chi connectivity index (χ4v) is 3.02. The predicted molar refractivity (Wildman–Crippen MR) is 84.1 cm³/mol. The van der Waals surface area contributed by atoms with Crippen LogP contribution < -0.4 is 10.2 Å². The average Bonchev–Trinajstić information content (AvgIpc) is 2.77. The number of aliphatic hydroxyl groups is 1. The Hall–Kier alpha value is -1.17. The number of β-amino-alcohol motifs (C(OH)–C–C–N with tert-alkyl or cyclic N) is 1. The molecule has 1 aromatic rings. The molecule has 1 aromatic carbocycles. The third-order valence-electron chi connectivity index (χ3n) is 3.92. The third kappa shape index (κ3) is 3.93. The van der Waals surface area contributed by atoms with Crippen LogP contribution in [0, 0.1) is 5.82 Å². The molecule has 2 N–H and O–H groups in total. The van der Waals surface area contributed by atoms with E-state index in [-0.39, 0.29) is 18.0 Å². The molecule has 1 aliphatic rings. The largest absolute Gasteiger partial charge is 0.391 e. The molecule has 0 spiro atoms. The van der Waals surface area contributed by atoms with Gasteiger partial charge in [-0.1, -0.05) is 13.0 Å². The number of hydrogen-bond donors (Lipinski definition) is 2.